The smallest absolute Gasteiger partial charge is 0.251 e. The number of benzene rings is 3. The molecule has 0 atom stereocenters. The number of Topliss-reactive ketones (excluding diaryl/α,β-unsaturated/α-hetero) is 1. The second-order valence-electron chi connectivity index (χ2n) is 7.04. The first-order valence-corrected chi connectivity index (χ1v) is 9.78. The summed E-state index contributed by atoms with van der Waals surface area (Å²) in [4.78, 5) is 38.4. The van der Waals surface area contributed by atoms with Crippen molar-refractivity contribution in [1.82, 2.24) is 10.2 Å². The van der Waals surface area contributed by atoms with Gasteiger partial charge in [-0.05, 0) is 30.2 Å². The van der Waals surface area contributed by atoms with Gasteiger partial charge in [0.15, 0.2) is 5.78 Å². The van der Waals surface area contributed by atoms with Crippen molar-refractivity contribution in [2.45, 2.75) is 20.0 Å². The first-order chi connectivity index (χ1) is 14.5. The number of rotatable bonds is 8. The molecule has 0 spiro atoms. The van der Waals surface area contributed by atoms with Crippen molar-refractivity contribution in [2.24, 2.45) is 0 Å². The summed E-state index contributed by atoms with van der Waals surface area (Å²) in [6.07, 6.45) is 0. The maximum atomic E-state index is 12.9. The molecule has 2 amide bonds. The van der Waals surface area contributed by atoms with Gasteiger partial charge < -0.3 is 10.2 Å². The predicted octanol–water partition coefficient (Wildman–Crippen LogP) is 3.85. The van der Waals surface area contributed by atoms with Crippen molar-refractivity contribution in [3.63, 3.8) is 0 Å². The molecule has 30 heavy (non-hydrogen) atoms. The van der Waals surface area contributed by atoms with Gasteiger partial charge in [-0.15, -0.1) is 0 Å². The molecule has 0 fully saturated rings. The van der Waals surface area contributed by atoms with Gasteiger partial charge in [-0.3, -0.25) is 14.4 Å². The minimum atomic E-state index is -0.349. The number of nitrogens with zero attached hydrogens (tertiary/aromatic N) is 1. The van der Waals surface area contributed by atoms with Gasteiger partial charge in [0.2, 0.25) is 5.91 Å². The summed E-state index contributed by atoms with van der Waals surface area (Å²) >= 11 is 0. The molecule has 0 aliphatic carbocycles. The first-order valence-electron chi connectivity index (χ1n) is 9.78. The van der Waals surface area contributed by atoms with Gasteiger partial charge >= 0.3 is 0 Å². The SMILES string of the molecule is CC(=O)c1ccc(C(=O)NCC(=O)N(Cc2ccccc2)Cc2ccccc2)cc1. The minimum absolute atomic E-state index is 0.0606. The van der Waals surface area contributed by atoms with Crippen LogP contribution in [0.1, 0.15) is 38.8 Å². The van der Waals surface area contributed by atoms with Crippen LogP contribution < -0.4 is 5.32 Å². The van der Waals surface area contributed by atoms with E-state index >= 15 is 0 Å². The molecule has 0 unspecified atom stereocenters. The fourth-order valence-corrected chi connectivity index (χ4v) is 3.07. The van der Waals surface area contributed by atoms with E-state index in [9.17, 15) is 14.4 Å². The van der Waals surface area contributed by atoms with Crippen LogP contribution >= 0.6 is 0 Å². The van der Waals surface area contributed by atoms with E-state index in [4.69, 9.17) is 0 Å². The highest BCUT2D eigenvalue weighted by atomic mass is 16.2. The lowest BCUT2D eigenvalue weighted by Gasteiger charge is -2.23. The molecule has 152 valence electrons. The average molecular weight is 400 g/mol. The van der Waals surface area contributed by atoms with Gasteiger partial charge in [0.05, 0.1) is 6.54 Å². The molecule has 0 aliphatic rings. The lowest BCUT2D eigenvalue weighted by molar-refractivity contribution is -0.131. The number of carbonyl (C=O) groups is 3. The maximum absolute atomic E-state index is 12.9. The number of ketones is 1. The summed E-state index contributed by atoms with van der Waals surface area (Å²) in [5, 5.41) is 2.68. The van der Waals surface area contributed by atoms with E-state index in [1.54, 1.807) is 29.2 Å². The molecular weight excluding hydrogens is 376 g/mol. The van der Waals surface area contributed by atoms with E-state index in [1.165, 1.54) is 6.92 Å². The van der Waals surface area contributed by atoms with E-state index in [0.717, 1.165) is 11.1 Å². The molecule has 5 nitrogen and oxygen atoms in total. The zero-order chi connectivity index (χ0) is 21.3. The second-order valence-corrected chi connectivity index (χ2v) is 7.04. The third kappa shape index (κ3) is 5.88. The zero-order valence-corrected chi connectivity index (χ0v) is 16.9. The summed E-state index contributed by atoms with van der Waals surface area (Å²) in [6.45, 7) is 2.28. The highest BCUT2D eigenvalue weighted by Crippen LogP contribution is 2.11. The molecule has 0 saturated heterocycles. The lowest BCUT2D eigenvalue weighted by atomic mass is 10.1. The monoisotopic (exact) mass is 400 g/mol. The molecule has 0 aliphatic heterocycles. The lowest BCUT2D eigenvalue weighted by Crippen LogP contribution is -2.39. The molecule has 3 aromatic carbocycles. The Hall–Kier alpha value is -3.73. The molecule has 0 aromatic heterocycles. The predicted molar refractivity (Wildman–Crippen MR) is 116 cm³/mol. The van der Waals surface area contributed by atoms with Crippen LogP contribution in [-0.4, -0.2) is 29.0 Å². The van der Waals surface area contributed by atoms with Crippen LogP contribution in [0.2, 0.25) is 0 Å². The van der Waals surface area contributed by atoms with Crippen LogP contribution in [-0.2, 0) is 17.9 Å². The van der Waals surface area contributed by atoms with E-state index in [2.05, 4.69) is 5.32 Å². The normalized spacial score (nSPS) is 10.3. The molecule has 0 bridgehead atoms. The molecule has 0 radical (unpaired) electrons. The fraction of sp³-hybridized carbons (Fsp3) is 0.160. The Morgan fingerprint density at radius 2 is 1.17 bits per heavy atom. The average Bonchev–Trinajstić information content (AvgIpc) is 2.78. The van der Waals surface area contributed by atoms with Crippen molar-refractivity contribution in [2.75, 3.05) is 6.54 Å². The van der Waals surface area contributed by atoms with Crippen molar-refractivity contribution >= 4 is 17.6 Å². The topological polar surface area (TPSA) is 66.5 Å². The Kier molecular flexibility index (Phi) is 7.11. The van der Waals surface area contributed by atoms with Crippen LogP contribution in [0.3, 0.4) is 0 Å². The van der Waals surface area contributed by atoms with Crippen molar-refractivity contribution in [3.05, 3.63) is 107 Å². The quantitative estimate of drug-likeness (QED) is 0.584. The Balaban J connectivity index is 1.66. The van der Waals surface area contributed by atoms with Crippen LogP contribution in [0.5, 0.6) is 0 Å². The van der Waals surface area contributed by atoms with Gasteiger partial charge in [0.1, 0.15) is 0 Å². The minimum Gasteiger partial charge on any atom is -0.343 e. The summed E-state index contributed by atoms with van der Waals surface area (Å²) in [5.74, 6) is -0.580. The summed E-state index contributed by atoms with van der Waals surface area (Å²) in [7, 11) is 0. The molecule has 0 heterocycles. The zero-order valence-electron chi connectivity index (χ0n) is 16.9. The number of amides is 2. The van der Waals surface area contributed by atoms with Crippen LogP contribution in [0.4, 0.5) is 0 Å². The van der Waals surface area contributed by atoms with E-state index in [0.29, 0.717) is 24.2 Å². The standard InChI is InChI=1S/C25H24N2O3/c1-19(28)22-12-14-23(15-13-22)25(30)26-16-24(29)27(17-20-8-4-2-5-9-20)18-21-10-6-3-7-11-21/h2-15H,16-18H2,1H3,(H,26,30). The van der Waals surface area contributed by atoms with Gasteiger partial charge in [0.25, 0.3) is 5.91 Å². The number of carbonyl (C=O) groups excluding carboxylic acids is 3. The summed E-state index contributed by atoms with van der Waals surface area (Å²) in [6, 6.07) is 25.9. The van der Waals surface area contributed by atoms with Crippen molar-refractivity contribution in [1.29, 1.82) is 0 Å². The third-order valence-corrected chi connectivity index (χ3v) is 4.74. The van der Waals surface area contributed by atoms with Crippen molar-refractivity contribution in [3.8, 4) is 0 Å². The number of hydrogen-bond donors (Lipinski definition) is 1. The number of hydrogen-bond acceptors (Lipinski definition) is 3. The first kappa shape index (κ1) is 21.0. The molecule has 0 saturated carbocycles. The van der Waals surface area contributed by atoms with Crippen LogP contribution in [0.25, 0.3) is 0 Å². The Labute approximate surface area is 176 Å². The van der Waals surface area contributed by atoms with Gasteiger partial charge in [-0.1, -0.05) is 72.8 Å². The van der Waals surface area contributed by atoms with E-state index in [1.807, 2.05) is 60.7 Å². The number of nitrogens with one attached hydrogen (secondary N) is 1. The molecule has 1 N–H and O–H groups in total. The fourth-order valence-electron chi connectivity index (χ4n) is 3.07. The van der Waals surface area contributed by atoms with Crippen LogP contribution in [0.15, 0.2) is 84.9 Å². The van der Waals surface area contributed by atoms with Gasteiger partial charge in [-0.2, -0.15) is 0 Å². The molecule has 3 aromatic rings. The van der Waals surface area contributed by atoms with Crippen molar-refractivity contribution < 1.29 is 14.4 Å². The van der Waals surface area contributed by atoms with Crippen LogP contribution in [0, 0.1) is 0 Å². The summed E-state index contributed by atoms with van der Waals surface area (Å²) in [5.41, 5.74) is 2.99. The van der Waals surface area contributed by atoms with Gasteiger partial charge in [-0.25, -0.2) is 0 Å². The summed E-state index contributed by atoms with van der Waals surface area (Å²) < 4.78 is 0. The molecule has 3 rings (SSSR count). The Morgan fingerprint density at radius 3 is 1.63 bits per heavy atom. The highest BCUT2D eigenvalue weighted by Gasteiger charge is 2.16. The van der Waals surface area contributed by atoms with Gasteiger partial charge in [0, 0.05) is 24.2 Å². The molecule has 5 heteroatoms. The van der Waals surface area contributed by atoms with E-state index < -0.39 is 0 Å². The Morgan fingerprint density at radius 1 is 0.700 bits per heavy atom. The third-order valence-electron chi connectivity index (χ3n) is 4.74. The highest BCUT2D eigenvalue weighted by molar-refractivity contribution is 5.98. The second kappa shape index (κ2) is 10.2. The Bertz CT molecular complexity index is 958. The molecular formula is C25H24N2O3. The largest absolute Gasteiger partial charge is 0.343 e. The van der Waals surface area contributed by atoms with E-state index in [-0.39, 0.29) is 24.1 Å². The maximum Gasteiger partial charge on any atom is 0.251 e.